The lowest BCUT2D eigenvalue weighted by molar-refractivity contribution is 0.682. The van der Waals surface area contributed by atoms with Crippen molar-refractivity contribution in [3.63, 3.8) is 0 Å². The van der Waals surface area contributed by atoms with Gasteiger partial charge in [-0.25, -0.2) is 0 Å². The van der Waals surface area contributed by atoms with Gasteiger partial charge in [-0.1, -0.05) is 6.92 Å². The molecule has 2 nitrogen and oxygen atoms in total. The van der Waals surface area contributed by atoms with Crippen molar-refractivity contribution >= 4 is 27.3 Å². The molecule has 0 unspecified atom stereocenters. The fourth-order valence-electron chi connectivity index (χ4n) is 1.65. The SMILES string of the molecule is CCc1ccsc1CNCc1ccc(Br)cn1. The van der Waals surface area contributed by atoms with E-state index in [1.54, 1.807) is 0 Å². The summed E-state index contributed by atoms with van der Waals surface area (Å²) in [4.78, 5) is 5.77. The molecule has 2 rings (SSSR count). The Kier molecular flexibility index (Phi) is 4.71. The van der Waals surface area contributed by atoms with E-state index in [4.69, 9.17) is 0 Å². The molecule has 0 bridgehead atoms. The standard InChI is InChI=1S/C13H15BrN2S/c1-2-10-5-6-17-13(10)9-15-8-12-4-3-11(14)7-16-12/h3-7,15H,2,8-9H2,1H3. The van der Waals surface area contributed by atoms with Crippen molar-refractivity contribution in [1.82, 2.24) is 10.3 Å². The van der Waals surface area contributed by atoms with Gasteiger partial charge >= 0.3 is 0 Å². The number of hydrogen-bond acceptors (Lipinski definition) is 3. The van der Waals surface area contributed by atoms with Crippen molar-refractivity contribution in [3.05, 3.63) is 50.4 Å². The predicted octanol–water partition coefficient (Wildman–Crippen LogP) is 3.76. The van der Waals surface area contributed by atoms with Crippen molar-refractivity contribution in [1.29, 1.82) is 0 Å². The lowest BCUT2D eigenvalue weighted by Gasteiger charge is -2.04. The molecule has 90 valence electrons. The van der Waals surface area contributed by atoms with Gasteiger partial charge in [-0.15, -0.1) is 11.3 Å². The predicted molar refractivity (Wildman–Crippen MR) is 76.2 cm³/mol. The van der Waals surface area contributed by atoms with Crippen LogP contribution in [-0.4, -0.2) is 4.98 Å². The number of nitrogens with zero attached hydrogens (tertiary/aromatic N) is 1. The molecule has 0 saturated heterocycles. The first kappa shape index (κ1) is 12.7. The summed E-state index contributed by atoms with van der Waals surface area (Å²) in [6.07, 6.45) is 2.94. The smallest absolute Gasteiger partial charge is 0.0542 e. The molecule has 0 spiro atoms. The van der Waals surface area contributed by atoms with Gasteiger partial charge in [-0.2, -0.15) is 0 Å². The maximum atomic E-state index is 4.33. The summed E-state index contributed by atoms with van der Waals surface area (Å²) in [5.74, 6) is 0. The van der Waals surface area contributed by atoms with Crippen molar-refractivity contribution in [2.24, 2.45) is 0 Å². The van der Waals surface area contributed by atoms with Crippen LogP contribution in [0.5, 0.6) is 0 Å². The van der Waals surface area contributed by atoms with Crippen molar-refractivity contribution in [3.8, 4) is 0 Å². The van der Waals surface area contributed by atoms with Gasteiger partial charge in [-0.3, -0.25) is 4.98 Å². The summed E-state index contributed by atoms with van der Waals surface area (Å²) >= 11 is 5.20. The summed E-state index contributed by atoms with van der Waals surface area (Å²) < 4.78 is 1.02. The van der Waals surface area contributed by atoms with Crippen LogP contribution in [-0.2, 0) is 19.5 Å². The van der Waals surface area contributed by atoms with E-state index in [1.807, 2.05) is 29.7 Å². The second-order valence-electron chi connectivity index (χ2n) is 3.79. The molecule has 17 heavy (non-hydrogen) atoms. The Balaban J connectivity index is 1.85. The van der Waals surface area contributed by atoms with Gasteiger partial charge in [-0.05, 0) is 51.5 Å². The van der Waals surface area contributed by atoms with E-state index in [1.165, 1.54) is 10.4 Å². The number of aryl methyl sites for hydroxylation is 1. The normalized spacial score (nSPS) is 10.7. The molecule has 0 saturated carbocycles. The quantitative estimate of drug-likeness (QED) is 0.909. The highest BCUT2D eigenvalue weighted by atomic mass is 79.9. The van der Waals surface area contributed by atoms with Crippen LogP contribution in [0.15, 0.2) is 34.2 Å². The Labute approximate surface area is 114 Å². The molecule has 0 amide bonds. The Morgan fingerprint density at radius 3 is 2.88 bits per heavy atom. The fraction of sp³-hybridized carbons (Fsp3) is 0.308. The third-order valence-electron chi connectivity index (χ3n) is 2.60. The zero-order valence-corrected chi connectivity index (χ0v) is 12.1. The van der Waals surface area contributed by atoms with E-state index in [0.29, 0.717) is 0 Å². The Hall–Kier alpha value is -0.710. The highest BCUT2D eigenvalue weighted by molar-refractivity contribution is 9.10. The van der Waals surface area contributed by atoms with E-state index in [-0.39, 0.29) is 0 Å². The third kappa shape index (κ3) is 3.63. The van der Waals surface area contributed by atoms with Gasteiger partial charge in [0.2, 0.25) is 0 Å². The Morgan fingerprint density at radius 1 is 1.29 bits per heavy atom. The minimum atomic E-state index is 0.814. The van der Waals surface area contributed by atoms with Crippen molar-refractivity contribution in [2.75, 3.05) is 0 Å². The van der Waals surface area contributed by atoms with Crippen LogP contribution in [0.2, 0.25) is 0 Å². The first-order valence-corrected chi connectivity index (χ1v) is 7.33. The highest BCUT2D eigenvalue weighted by Crippen LogP contribution is 2.17. The maximum Gasteiger partial charge on any atom is 0.0542 e. The maximum absolute atomic E-state index is 4.33. The zero-order chi connectivity index (χ0) is 12.1. The number of rotatable bonds is 5. The molecule has 0 aromatic carbocycles. The largest absolute Gasteiger partial charge is 0.306 e. The van der Waals surface area contributed by atoms with Crippen LogP contribution in [0.25, 0.3) is 0 Å². The van der Waals surface area contributed by atoms with Crippen LogP contribution in [0.4, 0.5) is 0 Å². The molecule has 0 fully saturated rings. The molecule has 0 aliphatic heterocycles. The second-order valence-corrected chi connectivity index (χ2v) is 5.71. The van der Waals surface area contributed by atoms with E-state index in [9.17, 15) is 0 Å². The van der Waals surface area contributed by atoms with Gasteiger partial charge < -0.3 is 5.32 Å². The van der Waals surface area contributed by atoms with Crippen LogP contribution < -0.4 is 5.32 Å². The number of aromatic nitrogens is 1. The Morgan fingerprint density at radius 2 is 2.18 bits per heavy atom. The molecule has 1 N–H and O–H groups in total. The molecule has 0 aliphatic carbocycles. The summed E-state index contributed by atoms with van der Waals surface area (Å²) in [6.45, 7) is 3.94. The summed E-state index contributed by atoms with van der Waals surface area (Å²) in [7, 11) is 0. The van der Waals surface area contributed by atoms with Crippen molar-refractivity contribution < 1.29 is 0 Å². The average Bonchev–Trinajstić information content (AvgIpc) is 2.79. The lowest BCUT2D eigenvalue weighted by atomic mass is 10.2. The lowest BCUT2D eigenvalue weighted by Crippen LogP contribution is -2.13. The van der Waals surface area contributed by atoms with Crippen molar-refractivity contribution in [2.45, 2.75) is 26.4 Å². The summed E-state index contributed by atoms with van der Waals surface area (Å²) in [6, 6.07) is 6.26. The zero-order valence-electron chi connectivity index (χ0n) is 9.74. The third-order valence-corrected chi connectivity index (χ3v) is 4.03. The molecule has 0 radical (unpaired) electrons. The van der Waals surface area contributed by atoms with Gasteiger partial charge in [0.1, 0.15) is 0 Å². The molecular weight excluding hydrogens is 296 g/mol. The Bertz CT molecular complexity index is 465. The molecule has 2 aromatic rings. The average molecular weight is 311 g/mol. The number of thiophene rings is 1. The first-order chi connectivity index (χ1) is 8.29. The molecule has 0 aliphatic rings. The van der Waals surface area contributed by atoms with E-state index < -0.39 is 0 Å². The minimum absolute atomic E-state index is 0.814. The molecule has 2 aromatic heterocycles. The van der Waals surface area contributed by atoms with Crippen LogP contribution in [0, 0.1) is 0 Å². The van der Waals surface area contributed by atoms with Gasteiger partial charge in [0.05, 0.1) is 5.69 Å². The second kappa shape index (κ2) is 6.28. The van der Waals surface area contributed by atoms with Gasteiger partial charge in [0.15, 0.2) is 0 Å². The molecule has 4 heteroatoms. The van der Waals surface area contributed by atoms with Gasteiger partial charge in [0.25, 0.3) is 0 Å². The fourth-order valence-corrected chi connectivity index (χ4v) is 2.83. The monoisotopic (exact) mass is 310 g/mol. The van der Waals surface area contributed by atoms with E-state index in [0.717, 1.165) is 29.7 Å². The van der Waals surface area contributed by atoms with E-state index >= 15 is 0 Å². The van der Waals surface area contributed by atoms with E-state index in [2.05, 4.69) is 44.6 Å². The molecule has 0 atom stereocenters. The minimum Gasteiger partial charge on any atom is -0.306 e. The number of nitrogens with one attached hydrogen (secondary N) is 1. The number of halogens is 1. The summed E-state index contributed by atoms with van der Waals surface area (Å²) in [5, 5.41) is 5.59. The van der Waals surface area contributed by atoms with Crippen LogP contribution >= 0.6 is 27.3 Å². The first-order valence-electron chi connectivity index (χ1n) is 5.66. The summed E-state index contributed by atoms with van der Waals surface area (Å²) in [5.41, 5.74) is 2.52. The topological polar surface area (TPSA) is 24.9 Å². The highest BCUT2D eigenvalue weighted by Gasteiger charge is 2.02. The number of hydrogen-bond donors (Lipinski definition) is 1. The number of pyridine rings is 1. The van der Waals surface area contributed by atoms with Crippen LogP contribution in [0.3, 0.4) is 0 Å². The van der Waals surface area contributed by atoms with Gasteiger partial charge in [0, 0.05) is 28.6 Å². The molecule has 2 heterocycles. The van der Waals surface area contributed by atoms with Crippen LogP contribution in [0.1, 0.15) is 23.1 Å². The molecular formula is C13H15BrN2S.